The van der Waals surface area contributed by atoms with Crippen molar-refractivity contribution in [2.24, 2.45) is 11.3 Å². The first-order valence-electron chi connectivity index (χ1n) is 6.50. The maximum absolute atomic E-state index is 3.62. The number of hydrogen-bond donors (Lipinski definition) is 1. The van der Waals surface area contributed by atoms with Gasteiger partial charge in [-0.25, -0.2) is 0 Å². The predicted molar refractivity (Wildman–Crippen MR) is 72.3 cm³/mol. The minimum atomic E-state index is 0. The number of likely N-dealkylation sites (tertiary alicyclic amines) is 1. The zero-order valence-corrected chi connectivity index (χ0v) is 11.8. The van der Waals surface area contributed by atoms with Gasteiger partial charge in [0.05, 0.1) is 0 Å². The van der Waals surface area contributed by atoms with Gasteiger partial charge in [0, 0.05) is 12.6 Å². The van der Waals surface area contributed by atoms with E-state index in [1.165, 1.54) is 45.4 Å². The van der Waals surface area contributed by atoms with Gasteiger partial charge in [0.2, 0.25) is 0 Å². The second-order valence-electron chi connectivity index (χ2n) is 6.51. The summed E-state index contributed by atoms with van der Waals surface area (Å²) in [6, 6.07) is 0.843. The molecule has 16 heavy (non-hydrogen) atoms. The Balaban J connectivity index is 0.00000128. The average molecular weight is 247 g/mol. The van der Waals surface area contributed by atoms with E-state index < -0.39 is 0 Å². The lowest BCUT2D eigenvalue weighted by Gasteiger charge is -2.36. The van der Waals surface area contributed by atoms with Gasteiger partial charge in [-0.15, -0.1) is 12.4 Å². The Bertz CT molecular complexity index is 212. The van der Waals surface area contributed by atoms with Crippen LogP contribution in [0.5, 0.6) is 0 Å². The van der Waals surface area contributed by atoms with Crippen LogP contribution >= 0.6 is 12.4 Å². The Morgan fingerprint density at radius 1 is 1.25 bits per heavy atom. The molecule has 2 aliphatic rings. The first-order valence-corrected chi connectivity index (χ1v) is 6.50. The molecule has 2 fully saturated rings. The first-order chi connectivity index (χ1) is 7.04. The van der Waals surface area contributed by atoms with Crippen LogP contribution in [0.1, 0.15) is 40.0 Å². The van der Waals surface area contributed by atoms with Crippen molar-refractivity contribution >= 4 is 12.4 Å². The highest BCUT2D eigenvalue weighted by atomic mass is 35.5. The van der Waals surface area contributed by atoms with E-state index in [2.05, 4.69) is 31.0 Å². The topological polar surface area (TPSA) is 15.3 Å². The Hall–Kier alpha value is 0.210. The number of halogens is 1. The summed E-state index contributed by atoms with van der Waals surface area (Å²) in [5.74, 6) is 0.943. The molecule has 0 saturated carbocycles. The summed E-state index contributed by atoms with van der Waals surface area (Å²) < 4.78 is 0. The van der Waals surface area contributed by atoms with Gasteiger partial charge in [0.1, 0.15) is 0 Å². The summed E-state index contributed by atoms with van der Waals surface area (Å²) in [6.45, 7) is 12.2. The molecule has 3 heteroatoms. The van der Waals surface area contributed by atoms with Crippen LogP contribution in [0, 0.1) is 11.3 Å². The Labute approximate surface area is 107 Å². The quantitative estimate of drug-likeness (QED) is 0.806. The summed E-state index contributed by atoms with van der Waals surface area (Å²) in [5.41, 5.74) is 0.491. The van der Waals surface area contributed by atoms with Crippen LogP contribution in [0.25, 0.3) is 0 Å². The number of hydrogen-bond acceptors (Lipinski definition) is 2. The lowest BCUT2D eigenvalue weighted by atomic mass is 9.90. The van der Waals surface area contributed by atoms with Crippen molar-refractivity contribution in [3.8, 4) is 0 Å². The zero-order valence-electron chi connectivity index (χ0n) is 11.0. The average Bonchev–Trinajstić information content (AvgIpc) is 2.60. The van der Waals surface area contributed by atoms with Crippen molar-refractivity contribution in [1.82, 2.24) is 10.2 Å². The van der Waals surface area contributed by atoms with E-state index >= 15 is 0 Å². The van der Waals surface area contributed by atoms with Crippen LogP contribution < -0.4 is 5.32 Å². The van der Waals surface area contributed by atoms with Gasteiger partial charge in [0.15, 0.2) is 0 Å². The van der Waals surface area contributed by atoms with E-state index in [1.807, 2.05) is 0 Å². The second-order valence-corrected chi connectivity index (χ2v) is 6.51. The minimum absolute atomic E-state index is 0. The molecule has 0 aromatic rings. The van der Waals surface area contributed by atoms with Crippen molar-refractivity contribution in [1.29, 1.82) is 0 Å². The molecule has 2 heterocycles. The van der Waals surface area contributed by atoms with Crippen LogP contribution in [-0.2, 0) is 0 Å². The van der Waals surface area contributed by atoms with Crippen LogP contribution in [0.15, 0.2) is 0 Å². The van der Waals surface area contributed by atoms with Crippen molar-refractivity contribution in [3.05, 3.63) is 0 Å². The largest absolute Gasteiger partial charge is 0.314 e. The molecule has 0 aliphatic carbocycles. The second kappa shape index (κ2) is 5.70. The number of fused-ring (bicyclic) bond motifs is 1. The number of nitrogens with one attached hydrogen (secondary N) is 1. The van der Waals surface area contributed by atoms with Crippen LogP contribution in [0.4, 0.5) is 0 Å². The standard InChI is InChI=1S/C13H26N2.ClH/c1-13(2,3)6-9-15-8-5-12-11(10-15)4-7-14-12;/h11-12,14H,4-10H2,1-3H3;1H. The summed E-state index contributed by atoms with van der Waals surface area (Å²) in [7, 11) is 0. The fourth-order valence-corrected chi connectivity index (χ4v) is 2.82. The summed E-state index contributed by atoms with van der Waals surface area (Å²) in [4.78, 5) is 2.68. The molecular formula is C13H27ClN2. The summed E-state index contributed by atoms with van der Waals surface area (Å²) >= 11 is 0. The third-order valence-electron chi connectivity index (χ3n) is 3.92. The van der Waals surface area contributed by atoms with Crippen LogP contribution in [-0.4, -0.2) is 37.1 Å². The highest BCUT2D eigenvalue weighted by Gasteiger charge is 2.32. The smallest absolute Gasteiger partial charge is 0.0120 e. The molecule has 0 bridgehead atoms. The molecule has 0 aromatic heterocycles. The van der Waals surface area contributed by atoms with E-state index in [-0.39, 0.29) is 12.4 Å². The van der Waals surface area contributed by atoms with Gasteiger partial charge >= 0.3 is 0 Å². The maximum atomic E-state index is 3.62. The van der Waals surface area contributed by atoms with E-state index in [1.54, 1.807) is 0 Å². The molecule has 96 valence electrons. The van der Waals surface area contributed by atoms with Gasteiger partial charge in [0.25, 0.3) is 0 Å². The molecule has 2 aliphatic heterocycles. The highest BCUT2D eigenvalue weighted by molar-refractivity contribution is 5.85. The Morgan fingerprint density at radius 3 is 2.69 bits per heavy atom. The zero-order chi connectivity index (χ0) is 10.9. The fraction of sp³-hybridized carbons (Fsp3) is 1.00. The normalized spacial score (nSPS) is 30.9. The van der Waals surface area contributed by atoms with E-state index in [0.717, 1.165) is 12.0 Å². The fourth-order valence-electron chi connectivity index (χ4n) is 2.82. The molecule has 0 amide bonds. The van der Waals surface area contributed by atoms with Crippen LogP contribution in [0.3, 0.4) is 0 Å². The molecule has 2 saturated heterocycles. The van der Waals surface area contributed by atoms with E-state index in [9.17, 15) is 0 Å². The SMILES string of the molecule is CC(C)(C)CCN1CCC2NCCC2C1.Cl. The Morgan fingerprint density at radius 2 is 2.00 bits per heavy atom. The number of piperidine rings is 1. The van der Waals surface area contributed by atoms with Crippen LogP contribution in [0.2, 0.25) is 0 Å². The van der Waals surface area contributed by atoms with Gasteiger partial charge in [-0.2, -0.15) is 0 Å². The van der Waals surface area contributed by atoms with Gasteiger partial charge in [-0.05, 0) is 50.2 Å². The maximum Gasteiger partial charge on any atom is 0.0120 e. The van der Waals surface area contributed by atoms with Crippen molar-refractivity contribution in [2.75, 3.05) is 26.2 Å². The minimum Gasteiger partial charge on any atom is -0.314 e. The summed E-state index contributed by atoms with van der Waals surface area (Å²) in [6.07, 6.45) is 4.10. The highest BCUT2D eigenvalue weighted by Crippen LogP contribution is 2.26. The lowest BCUT2D eigenvalue weighted by molar-refractivity contribution is 0.145. The molecular weight excluding hydrogens is 220 g/mol. The molecule has 2 unspecified atom stereocenters. The van der Waals surface area contributed by atoms with Crippen molar-refractivity contribution in [3.63, 3.8) is 0 Å². The van der Waals surface area contributed by atoms with Gasteiger partial charge in [-0.3, -0.25) is 0 Å². The van der Waals surface area contributed by atoms with Crippen molar-refractivity contribution in [2.45, 2.75) is 46.1 Å². The van der Waals surface area contributed by atoms with E-state index in [0.29, 0.717) is 5.41 Å². The number of nitrogens with zero attached hydrogens (tertiary/aromatic N) is 1. The molecule has 0 radical (unpaired) electrons. The number of rotatable bonds is 2. The molecule has 1 N–H and O–H groups in total. The third-order valence-corrected chi connectivity index (χ3v) is 3.92. The molecule has 0 aromatic carbocycles. The molecule has 2 rings (SSSR count). The van der Waals surface area contributed by atoms with E-state index in [4.69, 9.17) is 0 Å². The lowest BCUT2D eigenvalue weighted by Crippen LogP contribution is -2.45. The third kappa shape index (κ3) is 3.90. The van der Waals surface area contributed by atoms with Crippen molar-refractivity contribution < 1.29 is 0 Å². The van der Waals surface area contributed by atoms with Gasteiger partial charge < -0.3 is 10.2 Å². The van der Waals surface area contributed by atoms with Gasteiger partial charge in [-0.1, -0.05) is 20.8 Å². The molecule has 2 atom stereocenters. The first kappa shape index (κ1) is 14.3. The monoisotopic (exact) mass is 246 g/mol. The molecule has 2 nitrogen and oxygen atoms in total. The summed E-state index contributed by atoms with van der Waals surface area (Å²) in [5, 5.41) is 3.62. The molecule has 0 spiro atoms. The Kier molecular flexibility index (Phi) is 5.09. The predicted octanol–water partition coefficient (Wildman–Crippen LogP) is 2.53.